The Labute approximate surface area is 91.4 Å². The third-order valence-corrected chi connectivity index (χ3v) is 2.14. The largest absolute Gasteiger partial charge is 0.394 e. The quantitative estimate of drug-likeness (QED) is 0.760. The van der Waals surface area contributed by atoms with E-state index in [-0.39, 0.29) is 6.61 Å². The molecule has 0 aliphatic rings. The minimum atomic E-state index is 0.0414. The predicted octanol–water partition coefficient (Wildman–Crippen LogP) is 0.995. The first-order chi connectivity index (χ1) is 7.31. The Morgan fingerprint density at radius 1 is 1.40 bits per heavy atom. The molecular weight excluding hydrogens is 212 g/mol. The van der Waals surface area contributed by atoms with Crippen LogP contribution in [0.2, 0.25) is 0 Å². The molecule has 2 N–H and O–H groups in total. The summed E-state index contributed by atoms with van der Waals surface area (Å²) in [7, 11) is 0. The second-order valence-electron chi connectivity index (χ2n) is 2.96. The van der Waals surface area contributed by atoms with Crippen LogP contribution in [0.15, 0.2) is 24.5 Å². The Hall–Kier alpha value is -1.53. The number of hydrogen-bond donors (Lipinski definition) is 2. The van der Waals surface area contributed by atoms with Crippen LogP contribution >= 0.6 is 12.2 Å². The SMILES string of the molecule is OCCn1[nH]c(=S)nc1-c1ccncc1. The van der Waals surface area contributed by atoms with E-state index in [1.165, 1.54) is 0 Å². The summed E-state index contributed by atoms with van der Waals surface area (Å²) in [5.41, 5.74) is 0.922. The van der Waals surface area contributed by atoms with Crippen LogP contribution in [0.25, 0.3) is 11.4 Å². The summed E-state index contributed by atoms with van der Waals surface area (Å²) in [4.78, 5) is 8.11. The fourth-order valence-corrected chi connectivity index (χ4v) is 1.53. The molecule has 78 valence electrons. The number of rotatable bonds is 3. The van der Waals surface area contributed by atoms with Crippen molar-refractivity contribution in [3.8, 4) is 11.4 Å². The average Bonchev–Trinajstić information content (AvgIpc) is 2.62. The molecule has 6 heteroatoms. The lowest BCUT2D eigenvalue weighted by molar-refractivity contribution is 0.270. The fraction of sp³-hybridized carbons (Fsp3) is 0.222. The molecule has 0 fully saturated rings. The second kappa shape index (κ2) is 4.33. The summed E-state index contributed by atoms with van der Waals surface area (Å²) < 4.78 is 2.13. The van der Waals surface area contributed by atoms with Crippen molar-refractivity contribution in [1.29, 1.82) is 0 Å². The molecule has 2 heterocycles. The molecule has 0 aromatic carbocycles. The van der Waals surface area contributed by atoms with Crippen molar-refractivity contribution in [2.75, 3.05) is 6.61 Å². The lowest BCUT2D eigenvalue weighted by Crippen LogP contribution is -2.05. The Balaban J connectivity index is 2.48. The van der Waals surface area contributed by atoms with E-state index in [0.29, 0.717) is 11.3 Å². The number of pyridine rings is 1. The maximum Gasteiger partial charge on any atom is 0.213 e. The van der Waals surface area contributed by atoms with Crippen molar-refractivity contribution < 1.29 is 5.11 Å². The lowest BCUT2D eigenvalue weighted by Gasteiger charge is -2.03. The number of aliphatic hydroxyl groups is 1. The molecule has 0 unspecified atom stereocenters. The van der Waals surface area contributed by atoms with Crippen LogP contribution in [0.1, 0.15) is 0 Å². The fourth-order valence-electron chi connectivity index (χ4n) is 1.33. The van der Waals surface area contributed by atoms with E-state index >= 15 is 0 Å². The highest BCUT2D eigenvalue weighted by Gasteiger charge is 2.06. The molecule has 0 saturated heterocycles. The van der Waals surface area contributed by atoms with E-state index in [1.54, 1.807) is 17.1 Å². The number of H-pyrrole nitrogens is 1. The van der Waals surface area contributed by atoms with Gasteiger partial charge in [0.25, 0.3) is 0 Å². The summed E-state index contributed by atoms with van der Waals surface area (Å²) in [5.74, 6) is 0.719. The van der Waals surface area contributed by atoms with Crippen LogP contribution in [0.5, 0.6) is 0 Å². The van der Waals surface area contributed by atoms with Crippen molar-refractivity contribution >= 4 is 12.2 Å². The zero-order valence-electron chi connectivity index (χ0n) is 7.92. The first-order valence-electron chi connectivity index (χ1n) is 4.49. The van der Waals surface area contributed by atoms with Gasteiger partial charge in [-0.3, -0.25) is 14.8 Å². The Morgan fingerprint density at radius 2 is 2.13 bits per heavy atom. The Bertz CT molecular complexity index is 490. The average molecular weight is 222 g/mol. The predicted molar refractivity (Wildman–Crippen MR) is 57.7 cm³/mol. The minimum absolute atomic E-state index is 0.0414. The Morgan fingerprint density at radius 3 is 2.80 bits per heavy atom. The smallest absolute Gasteiger partial charge is 0.213 e. The summed E-state index contributed by atoms with van der Waals surface area (Å²) in [5, 5.41) is 11.8. The summed E-state index contributed by atoms with van der Waals surface area (Å²) in [6.07, 6.45) is 3.38. The van der Waals surface area contributed by atoms with Gasteiger partial charge in [0.05, 0.1) is 13.2 Å². The number of nitrogens with zero attached hydrogens (tertiary/aromatic N) is 3. The normalized spacial score (nSPS) is 10.5. The first kappa shape index (κ1) is 10.0. The van der Waals surface area contributed by atoms with E-state index in [1.807, 2.05) is 12.1 Å². The van der Waals surface area contributed by atoms with Gasteiger partial charge in [0.15, 0.2) is 5.82 Å². The standard InChI is InChI=1S/C9H10N4OS/c14-6-5-13-8(11-9(15)12-13)7-1-3-10-4-2-7/h1-4,14H,5-6H2,(H,12,15). The van der Waals surface area contributed by atoms with Gasteiger partial charge in [0, 0.05) is 18.0 Å². The van der Waals surface area contributed by atoms with Gasteiger partial charge in [-0.1, -0.05) is 0 Å². The van der Waals surface area contributed by atoms with Gasteiger partial charge in [-0.15, -0.1) is 0 Å². The van der Waals surface area contributed by atoms with Crippen molar-refractivity contribution in [2.24, 2.45) is 0 Å². The van der Waals surface area contributed by atoms with Crippen LogP contribution in [-0.2, 0) is 6.54 Å². The first-order valence-corrected chi connectivity index (χ1v) is 4.90. The number of aliphatic hydroxyl groups excluding tert-OH is 1. The minimum Gasteiger partial charge on any atom is -0.394 e. The van der Waals surface area contributed by atoms with Gasteiger partial charge >= 0.3 is 0 Å². The van der Waals surface area contributed by atoms with E-state index in [2.05, 4.69) is 15.1 Å². The van der Waals surface area contributed by atoms with E-state index < -0.39 is 0 Å². The maximum atomic E-state index is 8.89. The van der Waals surface area contributed by atoms with Crippen LogP contribution in [-0.4, -0.2) is 31.5 Å². The number of aromatic nitrogens is 4. The molecule has 0 aliphatic heterocycles. The molecule has 0 amide bonds. The highest BCUT2D eigenvalue weighted by molar-refractivity contribution is 7.71. The van der Waals surface area contributed by atoms with E-state index in [4.69, 9.17) is 17.3 Å². The summed E-state index contributed by atoms with van der Waals surface area (Å²) in [6.45, 7) is 0.487. The van der Waals surface area contributed by atoms with Crippen LogP contribution < -0.4 is 0 Å². The van der Waals surface area contributed by atoms with Crippen LogP contribution in [0.4, 0.5) is 0 Å². The molecule has 2 rings (SSSR count). The molecule has 0 bridgehead atoms. The van der Waals surface area contributed by atoms with Crippen molar-refractivity contribution in [2.45, 2.75) is 6.54 Å². The monoisotopic (exact) mass is 222 g/mol. The van der Waals surface area contributed by atoms with Gasteiger partial charge in [0.1, 0.15) is 0 Å². The Kier molecular flexibility index (Phi) is 2.89. The van der Waals surface area contributed by atoms with Gasteiger partial charge in [-0.2, -0.15) is 4.98 Å². The van der Waals surface area contributed by atoms with Crippen molar-refractivity contribution in [3.63, 3.8) is 0 Å². The third-order valence-electron chi connectivity index (χ3n) is 1.96. The number of hydrogen-bond acceptors (Lipinski definition) is 4. The third kappa shape index (κ3) is 2.11. The second-order valence-corrected chi connectivity index (χ2v) is 3.35. The lowest BCUT2D eigenvalue weighted by atomic mass is 10.2. The van der Waals surface area contributed by atoms with Crippen molar-refractivity contribution in [3.05, 3.63) is 29.3 Å². The molecule has 5 nitrogen and oxygen atoms in total. The molecule has 0 saturated carbocycles. The van der Waals surface area contributed by atoms with Gasteiger partial charge in [-0.05, 0) is 24.4 Å². The molecular formula is C9H10N4OS. The summed E-state index contributed by atoms with van der Waals surface area (Å²) >= 11 is 4.95. The molecule has 0 atom stereocenters. The zero-order valence-corrected chi connectivity index (χ0v) is 8.74. The number of aromatic amines is 1. The van der Waals surface area contributed by atoms with E-state index in [9.17, 15) is 0 Å². The topological polar surface area (TPSA) is 66.7 Å². The molecule has 0 radical (unpaired) electrons. The van der Waals surface area contributed by atoms with Gasteiger partial charge in [-0.25, -0.2) is 0 Å². The zero-order chi connectivity index (χ0) is 10.7. The van der Waals surface area contributed by atoms with Crippen LogP contribution in [0, 0.1) is 4.77 Å². The number of nitrogens with one attached hydrogen (secondary N) is 1. The van der Waals surface area contributed by atoms with Crippen molar-refractivity contribution in [1.82, 2.24) is 19.7 Å². The molecule has 2 aromatic rings. The highest BCUT2D eigenvalue weighted by Crippen LogP contribution is 2.14. The van der Waals surface area contributed by atoms with E-state index in [0.717, 1.165) is 11.4 Å². The van der Waals surface area contributed by atoms with Gasteiger partial charge in [0.2, 0.25) is 4.77 Å². The highest BCUT2D eigenvalue weighted by atomic mass is 32.1. The molecule has 15 heavy (non-hydrogen) atoms. The summed E-state index contributed by atoms with van der Waals surface area (Å²) in [6, 6.07) is 3.69. The van der Waals surface area contributed by atoms with Crippen LogP contribution in [0.3, 0.4) is 0 Å². The molecule has 0 aliphatic carbocycles. The molecule has 0 spiro atoms. The van der Waals surface area contributed by atoms with Gasteiger partial charge < -0.3 is 5.11 Å². The maximum absolute atomic E-state index is 8.89. The molecule has 2 aromatic heterocycles.